The first-order valence-corrected chi connectivity index (χ1v) is 10.1. The summed E-state index contributed by atoms with van der Waals surface area (Å²) in [5.41, 5.74) is 5.45. The molecule has 0 radical (unpaired) electrons. The maximum atomic E-state index is 13.3. The van der Waals surface area contributed by atoms with Gasteiger partial charge in [0.05, 0.1) is 17.7 Å². The van der Waals surface area contributed by atoms with Crippen molar-refractivity contribution >= 4 is 11.9 Å². The minimum absolute atomic E-state index is 0.228. The Labute approximate surface area is 174 Å². The number of aliphatic carboxylic acids is 1. The number of hydrogen-bond acceptors (Lipinski definition) is 5. The number of nitriles is 1. The van der Waals surface area contributed by atoms with Gasteiger partial charge in [-0.15, -0.1) is 0 Å². The second-order valence-electron chi connectivity index (χ2n) is 9.67. The lowest BCUT2D eigenvalue weighted by Gasteiger charge is -2.61. The molecular formula is C20H26F3N3O4. The summed E-state index contributed by atoms with van der Waals surface area (Å²) >= 11 is 0. The van der Waals surface area contributed by atoms with Gasteiger partial charge in [-0.2, -0.15) is 18.4 Å². The van der Waals surface area contributed by atoms with Crippen LogP contribution in [0.4, 0.5) is 13.2 Å². The molecule has 6 aliphatic rings. The van der Waals surface area contributed by atoms with Crippen LogP contribution < -0.4 is 5.73 Å². The van der Waals surface area contributed by atoms with Crippen molar-refractivity contribution in [3.63, 3.8) is 0 Å². The number of amides is 1. The number of aliphatic hydroxyl groups is 1. The molecule has 4 bridgehead atoms. The van der Waals surface area contributed by atoms with Crippen LogP contribution in [0.2, 0.25) is 0 Å². The van der Waals surface area contributed by atoms with E-state index in [0.29, 0.717) is 24.7 Å². The monoisotopic (exact) mass is 431 g/mol. The van der Waals surface area contributed by atoms with Crippen LogP contribution in [0.25, 0.3) is 0 Å². The molecule has 6 fully saturated rings. The smallest absolute Gasteiger partial charge is 0.475 e. The molecule has 30 heavy (non-hydrogen) atoms. The highest BCUT2D eigenvalue weighted by molar-refractivity contribution is 5.84. The number of halogens is 3. The number of nitrogens with zero attached hydrogens (tertiary/aromatic N) is 2. The highest BCUT2D eigenvalue weighted by Crippen LogP contribution is 2.63. The number of fused-ring (bicyclic) bond motifs is 1. The van der Waals surface area contributed by atoms with Gasteiger partial charge in [-0.1, -0.05) is 0 Å². The fourth-order valence-corrected chi connectivity index (χ4v) is 6.66. The standard InChI is InChI=1S/C18H25N3O2.C2HF3O2/c19-8-13-2-12-3-14(12)21(13)16(22)15(20)17-4-10-1-11(5-17)7-18(23,6-10)9-17;3-2(4,5)1(6)7/h10-15,23H,1-7,9,20H2;(H,6,7)/t10-,11+,12-,13+,14+,15-,17?,18?;/m1./s1/i3D2;. The Morgan fingerprint density at radius 3 is 2.27 bits per heavy atom. The number of carboxylic acid groups (broad SMARTS) is 1. The lowest BCUT2D eigenvalue weighted by atomic mass is 9.46. The van der Waals surface area contributed by atoms with Crippen molar-refractivity contribution in [3.05, 3.63) is 0 Å². The van der Waals surface area contributed by atoms with Crippen LogP contribution in [0.1, 0.15) is 54.1 Å². The molecule has 1 heterocycles. The molecule has 6 rings (SSSR count). The fraction of sp³-hybridized carbons (Fsp3) is 0.850. The van der Waals surface area contributed by atoms with Crippen LogP contribution in [0.5, 0.6) is 0 Å². The van der Waals surface area contributed by atoms with E-state index in [1.54, 1.807) is 0 Å². The van der Waals surface area contributed by atoms with E-state index in [1.165, 1.54) is 4.90 Å². The Balaban J connectivity index is 0.000000307. The number of rotatable bonds is 2. The molecule has 0 aromatic heterocycles. The molecule has 0 spiro atoms. The third kappa shape index (κ3) is 3.56. The molecule has 5 aliphatic carbocycles. The normalized spacial score (nSPS) is 46.5. The quantitative estimate of drug-likeness (QED) is 0.612. The molecule has 7 nitrogen and oxygen atoms in total. The predicted molar refractivity (Wildman–Crippen MR) is 96.5 cm³/mol. The van der Waals surface area contributed by atoms with E-state index >= 15 is 0 Å². The summed E-state index contributed by atoms with van der Waals surface area (Å²) in [4.78, 5) is 23.6. The van der Waals surface area contributed by atoms with E-state index in [9.17, 15) is 28.3 Å². The average Bonchev–Trinajstić information content (AvgIpc) is 2.99. The molecule has 0 aromatic carbocycles. The van der Waals surface area contributed by atoms with Gasteiger partial charge in [-0.25, -0.2) is 4.79 Å². The van der Waals surface area contributed by atoms with Crippen LogP contribution >= 0.6 is 0 Å². The Morgan fingerprint density at radius 2 is 1.80 bits per heavy atom. The van der Waals surface area contributed by atoms with Gasteiger partial charge in [0, 0.05) is 8.78 Å². The lowest BCUT2D eigenvalue weighted by molar-refractivity contribution is -0.192. The van der Waals surface area contributed by atoms with Crippen LogP contribution in [0, 0.1) is 34.5 Å². The molecule has 0 aromatic rings. The van der Waals surface area contributed by atoms with Gasteiger partial charge in [-0.05, 0) is 74.5 Å². The van der Waals surface area contributed by atoms with E-state index in [2.05, 4.69) is 6.07 Å². The Kier molecular flexibility index (Phi) is 4.29. The number of nitrogens with two attached hydrogens (primary N) is 1. The molecule has 2 unspecified atom stereocenters. The molecule has 10 heteroatoms. The maximum Gasteiger partial charge on any atom is 0.490 e. The van der Waals surface area contributed by atoms with Crippen LogP contribution in [0.15, 0.2) is 0 Å². The zero-order chi connectivity index (χ0) is 23.9. The van der Waals surface area contributed by atoms with Gasteiger partial charge in [0.15, 0.2) is 0 Å². The molecule has 5 saturated carbocycles. The van der Waals surface area contributed by atoms with Gasteiger partial charge >= 0.3 is 12.1 Å². The number of alkyl halides is 3. The minimum Gasteiger partial charge on any atom is -0.475 e. The molecule has 8 atom stereocenters. The Hall–Kier alpha value is -1.86. The third-order valence-electron chi connectivity index (χ3n) is 7.42. The zero-order valence-electron chi connectivity index (χ0n) is 18.2. The molecule has 1 amide bonds. The van der Waals surface area contributed by atoms with Crippen molar-refractivity contribution in [1.82, 2.24) is 4.90 Å². The zero-order valence-corrected chi connectivity index (χ0v) is 16.2. The summed E-state index contributed by atoms with van der Waals surface area (Å²) in [5, 5.41) is 27.4. The van der Waals surface area contributed by atoms with Gasteiger partial charge in [0.1, 0.15) is 6.04 Å². The second-order valence-corrected chi connectivity index (χ2v) is 9.67. The number of likely N-dealkylation sites (tertiary alicyclic amines) is 1. The van der Waals surface area contributed by atoms with Crippen LogP contribution in [-0.2, 0) is 9.59 Å². The van der Waals surface area contributed by atoms with Crippen molar-refractivity contribution < 1.29 is 35.7 Å². The summed E-state index contributed by atoms with van der Waals surface area (Å²) in [6, 6.07) is 0.370. The van der Waals surface area contributed by atoms with E-state index in [1.807, 2.05) is 0 Å². The summed E-state index contributed by atoms with van der Waals surface area (Å²) in [7, 11) is 0. The first-order valence-electron chi connectivity index (χ1n) is 11.1. The highest BCUT2D eigenvalue weighted by atomic mass is 19.4. The highest BCUT2D eigenvalue weighted by Gasteiger charge is 2.62. The summed E-state index contributed by atoms with van der Waals surface area (Å²) in [5.74, 6) is -2.38. The van der Waals surface area contributed by atoms with Gasteiger partial charge in [-0.3, -0.25) is 4.79 Å². The maximum absolute atomic E-state index is 13.3. The van der Waals surface area contributed by atoms with E-state index in [-0.39, 0.29) is 17.2 Å². The van der Waals surface area contributed by atoms with Gasteiger partial charge in [0.25, 0.3) is 0 Å². The van der Waals surface area contributed by atoms with E-state index in [4.69, 9.17) is 18.4 Å². The number of piperidine rings is 1. The summed E-state index contributed by atoms with van der Waals surface area (Å²) in [6.45, 7) is 0. The number of carboxylic acids is 1. The summed E-state index contributed by atoms with van der Waals surface area (Å²) in [6.07, 6.45) is -0.949. The predicted octanol–water partition coefficient (Wildman–Crippen LogP) is 1.79. The molecule has 166 valence electrons. The molecule has 1 saturated heterocycles. The van der Waals surface area contributed by atoms with Crippen molar-refractivity contribution in [2.75, 3.05) is 0 Å². The largest absolute Gasteiger partial charge is 0.490 e. The SMILES string of the molecule is O=C(O)C(F)(F)F.[2H]C1([2H])[C@H]2C[C@@H](C#N)N(C(=O)[C@@H](N)C34C[C@@H]5C[C@@H](CC(O)(C5)C3)C4)[C@H]21. The fourth-order valence-electron chi connectivity index (χ4n) is 6.66. The van der Waals surface area contributed by atoms with Crippen molar-refractivity contribution in [2.45, 2.75) is 81.2 Å². The third-order valence-corrected chi connectivity index (χ3v) is 7.42. The second kappa shape index (κ2) is 6.82. The van der Waals surface area contributed by atoms with Gasteiger partial charge < -0.3 is 20.8 Å². The molecule has 1 aliphatic heterocycles. The van der Waals surface area contributed by atoms with Crippen LogP contribution in [0.3, 0.4) is 0 Å². The first kappa shape index (κ1) is 18.9. The topological polar surface area (TPSA) is 128 Å². The Morgan fingerprint density at radius 1 is 1.23 bits per heavy atom. The lowest BCUT2D eigenvalue weighted by Crippen LogP contribution is -2.64. The van der Waals surface area contributed by atoms with E-state index < -0.39 is 42.2 Å². The van der Waals surface area contributed by atoms with Crippen molar-refractivity contribution in [3.8, 4) is 6.07 Å². The number of carbonyl (C=O) groups is 2. The van der Waals surface area contributed by atoms with Crippen molar-refractivity contribution in [1.29, 1.82) is 5.26 Å². The molecular weight excluding hydrogens is 403 g/mol. The number of hydrogen-bond donors (Lipinski definition) is 3. The van der Waals surface area contributed by atoms with Gasteiger partial charge in [0.2, 0.25) is 5.91 Å². The van der Waals surface area contributed by atoms with Crippen molar-refractivity contribution in [2.24, 2.45) is 28.9 Å². The Bertz CT molecular complexity index is 863. The number of carbonyl (C=O) groups excluding carboxylic acids is 1. The average molecular weight is 431 g/mol. The van der Waals surface area contributed by atoms with E-state index in [0.717, 1.165) is 32.1 Å². The summed E-state index contributed by atoms with van der Waals surface area (Å²) < 4.78 is 47.8. The minimum atomic E-state index is -5.08. The first-order chi connectivity index (χ1) is 14.6. The van der Waals surface area contributed by atoms with Crippen LogP contribution in [-0.4, -0.2) is 56.9 Å². The molecule has 4 N–H and O–H groups in total.